The Morgan fingerprint density at radius 3 is 2.52 bits per heavy atom. The smallest absolute Gasteiger partial charge is 0.239 e. The van der Waals surface area contributed by atoms with E-state index in [0.717, 1.165) is 33.4 Å². The number of carbonyl (C=O) groups excluding carboxylic acids is 2. The van der Waals surface area contributed by atoms with Crippen LogP contribution in [-0.4, -0.2) is 87.0 Å². The summed E-state index contributed by atoms with van der Waals surface area (Å²) in [6.07, 6.45) is -0.418. The van der Waals surface area contributed by atoms with Gasteiger partial charge >= 0.3 is 0 Å². The molecule has 10 nitrogen and oxygen atoms in total. The molecule has 0 radical (unpaired) electrons. The number of benzene rings is 3. The molecule has 48 heavy (non-hydrogen) atoms. The first-order valence-electron chi connectivity index (χ1n) is 16.9. The number of nitrogens with zero attached hydrogens (tertiary/aromatic N) is 3. The minimum atomic E-state index is -0.860. The average molecular weight is 654 g/mol. The van der Waals surface area contributed by atoms with Crippen LogP contribution in [0.2, 0.25) is 0 Å². The molecule has 1 aliphatic heterocycles. The van der Waals surface area contributed by atoms with Crippen LogP contribution < -0.4 is 10.6 Å². The highest BCUT2D eigenvalue weighted by molar-refractivity contribution is 5.83. The quantitative estimate of drug-likeness (QED) is 0.193. The number of aliphatic hydroxyl groups excluding tert-OH is 2. The normalized spacial score (nSPS) is 21.5. The molecule has 3 aromatic carbocycles. The number of aromatic nitrogens is 1. The maximum atomic E-state index is 13.9. The van der Waals surface area contributed by atoms with Gasteiger partial charge in [0.05, 0.1) is 18.2 Å². The fourth-order valence-corrected chi connectivity index (χ4v) is 7.08. The second kappa shape index (κ2) is 14.6. The Balaban J connectivity index is 1.16. The summed E-state index contributed by atoms with van der Waals surface area (Å²) in [5.41, 5.74) is 4.10. The van der Waals surface area contributed by atoms with E-state index in [-0.39, 0.29) is 24.8 Å². The van der Waals surface area contributed by atoms with Crippen molar-refractivity contribution in [2.24, 2.45) is 5.92 Å². The predicted molar refractivity (Wildman–Crippen MR) is 184 cm³/mol. The highest BCUT2D eigenvalue weighted by atomic mass is 16.5. The topological polar surface area (TPSA) is 131 Å². The Labute approximate surface area is 282 Å². The van der Waals surface area contributed by atoms with E-state index in [1.165, 1.54) is 0 Å². The first kappa shape index (κ1) is 33.8. The van der Waals surface area contributed by atoms with Gasteiger partial charge in [-0.05, 0) is 62.4 Å². The van der Waals surface area contributed by atoms with Crippen LogP contribution in [-0.2, 0) is 29.0 Å². The second-order valence-electron chi connectivity index (χ2n) is 14.3. The summed E-state index contributed by atoms with van der Waals surface area (Å²) in [5.74, 6) is -0.840. The van der Waals surface area contributed by atoms with E-state index in [0.29, 0.717) is 39.0 Å². The number of fused-ring (bicyclic) bond motifs is 2. The summed E-state index contributed by atoms with van der Waals surface area (Å²) in [4.78, 5) is 31.8. The van der Waals surface area contributed by atoms with E-state index in [1.807, 2.05) is 105 Å². The summed E-state index contributed by atoms with van der Waals surface area (Å²) in [7, 11) is 0. The van der Waals surface area contributed by atoms with E-state index >= 15 is 0 Å². The summed E-state index contributed by atoms with van der Waals surface area (Å²) < 4.78 is 5.52. The highest BCUT2D eigenvalue weighted by Gasteiger charge is 2.37. The predicted octanol–water partition coefficient (Wildman–Crippen LogP) is 3.61. The van der Waals surface area contributed by atoms with Crippen LogP contribution in [0.3, 0.4) is 0 Å². The number of piperazine rings is 1. The molecule has 1 aliphatic carbocycles. The number of carbonyl (C=O) groups is 2. The van der Waals surface area contributed by atoms with Crippen molar-refractivity contribution in [3.63, 3.8) is 0 Å². The molecular formula is C38H47N5O5. The number of amides is 2. The van der Waals surface area contributed by atoms with E-state index in [1.54, 1.807) is 0 Å². The van der Waals surface area contributed by atoms with Gasteiger partial charge in [0.1, 0.15) is 11.7 Å². The number of β-amino-alcohol motifs (C(OH)–C–C–N with tert-alkyl or cyclic N) is 1. The van der Waals surface area contributed by atoms with Crippen LogP contribution in [0.4, 0.5) is 0 Å². The molecule has 2 aliphatic rings. The minimum absolute atomic E-state index is 0.100. The third-order valence-corrected chi connectivity index (χ3v) is 9.40. The first-order chi connectivity index (χ1) is 23.0. The lowest BCUT2D eigenvalue weighted by molar-refractivity contribution is -0.132. The molecule has 0 saturated carbocycles. The van der Waals surface area contributed by atoms with Crippen LogP contribution in [0.1, 0.15) is 55.6 Å². The van der Waals surface area contributed by atoms with Gasteiger partial charge in [-0.25, -0.2) is 0 Å². The molecule has 1 saturated heterocycles. The summed E-state index contributed by atoms with van der Waals surface area (Å²) in [6, 6.07) is 24.3. The highest BCUT2D eigenvalue weighted by Crippen LogP contribution is 2.32. The summed E-state index contributed by atoms with van der Waals surface area (Å²) in [5, 5.41) is 33.9. The molecule has 1 fully saturated rings. The van der Waals surface area contributed by atoms with Crippen LogP contribution in [0, 0.1) is 5.92 Å². The molecule has 1 unspecified atom stereocenters. The van der Waals surface area contributed by atoms with Crippen LogP contribution in [0.5, 0.6) is 0 Å². The van der Waals surface area contributed by atoms with Crippen LogP contribution in [0.15, 0.2) is 83.4 Å². The molecule has 10 heteroatoms. The molecule has 2 heterocycles. The maximum absolute atomic E-state index is 13.9. The Morgan fingerprint density at radius 2 is 1.73 bits per heavy atom. The van der Waals surface area contributed by atoms with Crippen molar-refractivity contribution >= 4 is 22.8 Å². The van der Waals surface area contributed by atoms with Crippen molar-refractivity contribution in [1.82, 2.24) is 25.6 Å². The third-order valence-electron chi connectivity index (χ3n) is 9.40. The Morgan fingerprint density at radius 1 is 1.00 bits per heavy atom. The molecular weight excluding hydrogens is 606 g/mol. The number of rotatable bonds is 11. The van der Waals surface area contributed by atoms with Crippen LogP contribution in [0.25, 0.3) is 11.0 Å². The van der Waals surface area contributed by atoms with Gasteiger partial charge < -0.3 is 25.4 Å². The number of nitrogens with one attached hydrogen (secondary N) is 2. The minimum Gasteiger partial charge on any atom is -0.392 e. The largest absolute Gasteiger partial charge is 0.392 e. The SMILES string of the molecule is CC(C)(C)NC(=O)[C@@H]1CN(Cc2noc3ccccc23)CCN1C[C@@H](O)C[C@@H](Cc1ccccc1)C(=O)NC1c2ccccc2C[C@H]1O. The van der Waals surface area contributed by atoms with Crippen molar-refractivity contribution in [1.29, 1.82) is 0 Å². The Bertz CT molecular complexity index is 1700. The van der Waals surface area contributed by atoms with Gasteiger partial charge in [0.2, 0.25) is 11.8 Å². The van der Waals surface area contributed by atoms with Crippen molar-refractivity contribution in [3.8, 4) is 0 Å². The van der Waals surface area contributed by atoms with Gasteiger partial charge in [-0.3, -0.25) is 19.4 Å². The lowest BCUT2D eigenvalue weighted by Crippen LogP contribution is -2.62. The molecule has 5 atom stereocenters. The van der Waals surface area contributed by atoms with Gasteiger partial charge in [0.15, 0.2) is 5.58 Å². The fraction of sp³-hybridized carbons (Fsp3) is 0.447. The zero-order chi connectivity index (χ0) is 33.8. The van der Waals surface area contributed by atoms with Gasteiger partial charge in [-0.15, -0.1) is 0 Å². The number of para-hydroxylation sites is 1. The average Bonchev–Trinajstić information content (AvgIpc) is 3.60. The molecule has 6 rings (SSSR count). The number of hydrogen-bond donors (Lipinski definition) is 4. The first-order valence-corrected chi connectivity index (χ1v) is 16.9. The molecule has 254 valence electrons. The molecule has 4 aromatic rings. The zero-order valence-corrected chi connectivity index (χ0v) is 28.0. The fourth-order valence-electron chi connectivity index (χ4n) is 7.08. The van der Waals surface area contributed by atoms with Gasteiger partial charge in [-0.2, -0.15) is 0 Å². The number of aliphatic hydroxyl groups is 2. The summed E-state index contributed by atoms with van der Waals surface area (Å²) in [6.45, 7) is 8.37. The molecule has 0 spiro atoms. The standard InChI is InChI=1S/C38H47N5O5/c1-38(2,3)40-37(47)32-24-42(23-31-30-15-9-10-16-34(30)48-41-31)17-18-43(32)22-28(44)20-27(19-25-11-5-4-6-12-25)36(46)39-35-29-14-8-7-13-26(29)21-33(35)45/h4-16,27-28,32-33,35,44-45H,17-24H2,1-3H3,(H,39,46)(H,40,47)/t27-,28+,32+,33-,35?/m1/s1. The zero-order valence-electron chi connectivity index (χ0n) is 28.0. The van der Waals surface area contributed by atoms with Crippen molar-refractivity contribution < 1.29 is 24.3 Å². The van der Waals surface area contributed by atoms with Gasteiger partial charge in [0.25, 0.3) is 0 Å². The monoisotopic (exact) mass is 653 g/mol. The molecule has 1 aromatic heterocycles. The second-order valence-corrected chi connectivity index (χ2v) is 14.3. The Hall–Kier alpha value is -4.09. The van der Waals surface area contributed by atoms with Crippen molar-refractivity contribution in [3.05, 3.63) is 101 Å². The van der Waals surface area contributed by atoms with Gasteiger partial charge in [-0.1, -0.05) is 71.9 Å². The van der Waals surface area contributed by atoms with Crippen LogP contribution >= 0.6 is 0 Å². The maximum Gasteiger partial charge on any atom is 0.239 e. The van der Waals surface area contributed by atoms with E-state index in [9.17, 15) is 19.8 Å². The number of hydrogen-bond acceptors (Lipinski definition) is 8. The lowest BCUT2D eigenvalue weighted by Gasteiger charge is -2.42. The van der Waals surface area contributed by atoms with Crippen molar-refractivity contribution in [2.75, 3.05) is 26.2 Å². The Kier molecular flexibility index (Phi) is 10.3. The summed E-state index contributed by atoms with van der Waals surface area (Å²) >= 11 is 0. The lowest BCUT2D eigenvalue weighted by atomic mass is 9.91. The van der Waals surface area contributed by atoms with Gasteiger partial charge in [0, 0.05) is 56.0 Å². The molecule has 0 bridgehead atoms. The van der Waals surface area contributed by atoms with E-state index in [2.05, 4.69) is 20.7 Å². The van der Waals surface area contributed by atoms with E-state index < -0.39 is 35.7 Å². The van der Waals surface area contributed by atoms with E-state index in [4.69, 9.17) is 4.52 Å². The molecule has 4 N–H and O–H groups in total. The van der Waals surface area contributed by atoms with Crippen molar-refractivity contribution in [2.45, 2.75) is 76.4 Å². The molecule has 2 amide bonds. The third kappa shape index (κ3) is 8.13.